The molecule has 15 heavy (non-hydrogen) atoms. The Labute approximate surface area is 94.0 Å². The second-order valence-corrected chi connectivity index (χ2v) is 3.83. The van der Waals surface area contributed by atoms with Gasteiger partial charge in [0, 0.05) is 13.0 Å². The van der Waals surface area contributed by atoms with Gasteiger partial charge in [-0.2, -0.15) is 0 Å². The summed E-state index contributed by atoms with van der Waals surface area (Å²) in [6.45, 7) is 5.48. The summed E-state index contributed by atoms with van der Waals surface area (Å²) >= 11 is 0. The molecule has 0 saturated carbocycles. The van der Waals surface area contributed by atoms with Gasteiger partial charge < -0.3 is 4.90 Å². The van der Waals surface area contributed by atoms with Gasteiger partial charge in [0.25, 0.3) is 0 Å². The molecule has 0 saturated heterocycles. The van der Waals surface area contributed by atoms with Crippen molar-refractivity contribution in [3.05, 3.63) is 0 Å². The first-order valence-corrected chi connectivity index (χ1v) is 5.97. The van der Waals surface area contributed by atoms with Gasteiger partial charge >= 0.3 is 0 Å². The summed E-state index contributed by atoms with van der Waals surface area (Å²) in [5.74, 6) is 2.75. The van der Waals surface area contributed by atoms with E-state index < -0.39 is 0 Å². The van der Waals surface area contributed by atoms with Gasteiger partial charge in [-0.05, 0) is 12.8 Å². The van der Waals surface area contributed by atoms with Crippen LogP contribution >= 0.6 is 0 Å². The van der Waals surface area contributed by atoms with Gasteiger partial charge in [0.05, 0.1) is 6.54 Å². The van der Waals surface area contributed by atoms with E-state index in [0.717, 1.165) is 25.8 Å². The lowest BCUT2D eigenvalue weighted by Gasteiger charge is -2.19. The monoisotopic (exact) mass is 209 g/mol. The number of unbranched alkanes of at least 4 members (excludes halogenated alkanes) is 3. The van der Waals surface area contributed by atoms with Crippen LogP contribution in [0.1, 0.15) is 52.4 Å². The van der Waals surface area contributed by atoms with Crippen molar-refractivity contribution in [1.82, 2.24) is 4.90 Å². The third kappa shape index (κ3) is 7.02. The smallest absolute Gasteiger partial charge is 0.223 e. The molecule has 0 aliphatic carbocycles. The Morgan fingerprint density at radius 1 is 1.20 bits per heavy atom. The van der Waals surface area contributed by atoms with Crippen molar-refractivity contribution in [3.8, 4) is 12.3 Å². The second kappa shape index (κ2) is 9.58. The summed E-state index contributed by atoms with van der Waals surface area (Å²) in [6, 6.07) is 0. The SMILES string of the molecule is C#CCN(CCC)C(=O)CCCCCC. The Bertz CT molecular complexity index is 205. The van der Waals surface area contributed by atoms with Gasteiger partial charge in [-0.3, -0.25) is 4.79 Å². The minimum atomic E-state index is 0.214. The van der Waals surface area contributed by atoms with Crippen molar-refractivity contribution >= 4 is 5.91 Å². The Kier molecular flexibility index (Phi) is 8.96. The number of carbonyl (C=O) groups excluding carboxylic acids is 1. The zero-order valence-electron chi connectivity index (χ0n) is 10.1. The molecule has 86 valence electrons. The van der Waals surface area contributed by atoms with E-state index in [1.165, 1.54) is 12.8 Å². The Morgan fingerprint density at radius 2 is 1.93 bits per heavy atom. The van der Waals surface area contributed by atoms with E-state index in [0.29, 0.717) is 13.0 Å². The molecule has 0 aliphatic heterocycles. The maximum atomic E-state index is 11.7. The highest BCUT2D eigenvalue weighted by Gasteiger charge is 2.10. The zero-order valence-corrected chi connectivity index (χ0v) is 10.1. The number of amides is 1. The second-order valence-electron chi connectivity index (χ2n) is 3.83. The molecule has 0 aromatic carbocycles. The van der Waals surface area contributed by atoms with Crippen molar-refractivity contribution in [2.75, 3.05) is 13.1 Å². The van der Waals surface area contributed by atoms with Gasteiger partial charge in [-0.1, -0.05) is 39.0 Å². The van der Waals surface area contributed by atoms with Crippen LogP contribution < -0.4 is 0 Å². The molecule has 2 heteroatoms. The van der Waals surface area contributed by atoms with Crippen LogP contribution in [0.3, 0.4) is 0 Å². The molecule has 0 N–H and O–H groups in total. The molecule has 0 bridgehead atoms. The molecule has 0 aromatic heterocycles. The van der Waals surface area contributed by atoms with Crippen LogP contribution in [-0.2, 0) is 4.79 Å². The number of hydrogen-bond acceptors (Lipinski definition) is 1. The maximum Gasteiger partial charge on any atom is 0.223 e. The summed E-state index contributed by atoms with van der Waals surface area (Å²) in [7, 11) is 0. The van der Waals surface area contributed by atoms with Gasteiger partial charge in [-0.25, -0.2) is 0 Å². The topological polar surface area (TPSA) is 20.3 Å². The Hall–Kier alpha value is -0.970. The standard InChI is InChI=1S/C13H23NO/c1-4-7-8-9-10-13(15)14(11-5-2)12-6-3/h2H,4,6-12H2,1,3H3. The molecule has 0 aromatic rings. The van der Waals surface area contributed by atoms with E-state index in [1.807, 2.05) is 0 Å². The van der Waals surface area contributed by atoms with Gasteiger partial charge in [0.15, 0.2) is 0 Å². The fraction of sp³-hybridized carbons (Fsp3) is 0.769. The summed E-state index contributed by atoms with van der Waals surface area (Å²) < 4.78 is 0. The minimum Gasteiger partial charge on any atom is -0.332 e. The summed E-state index contributed by atoms with van der Waals surface area (Å²) in [6.07, 6.45) is 11.4. The number of hydrogen-bond donors (Lipinski definition) is 0. The molecule has 0 rings (SSSR count). The lowest BCUT2D eigenvalue weighted by molar-refractivity contribution is -0.130. The van der Waals surface area contributed by atoms with Gasteiger partial charge in [0.1, 0.15) is 0 Å². The lowest BCUT2D eigenvalue weighted by Crippen LogP contribution is -2.31. The first kappa shape index (κ1) is 14.0. The first-order valence-electron chi connectivity index (χ1n) is 5.97. The van der Waals surface area contributed by atoms with Crippen LogP contribution in [0.2, 0.25) is 0 Å². The molecule has 0 aliphatic rings. The van der Waals surface area contributed by atoms with Crippen molar-refractivity contribution in [2.24, 2.45) is 0 Å². The molecule has 0 atom stereocenters. The van der Waals surface area contributed by atoms with Crippen LogP contribution in [0.4, 0.5) is 0 Å². The van der Waals surface area contributed by atoms with E-state index in [4.69, 9.17) is 6.42 Å². The van der Waals surface area contributed by atoms with E-state index >= 15 is 0 Å². The largest absolute Gasteiger partial charge is 0.332 e. The fourth-order valence-corrected chi connectivity index (χ4v) is 1.53. The quantitative estimate of drug-likeness (QED) is 0.444. The lowest BCUT2D eigenvalue weighted by atomic mass is 10.1. The van der Waals surface area contributed by atoms with Crippen LogP contribution in [0.5, 0.6) is 0 Å². The fourth-order valence-electron chi connectivity index (χ4n) is 1.53. The summed E-state index contributed by atoms with van der Waals surface area (Å²) in [5, 5.41) is 0. The van der Waals surface area contributed by atoms with E-state index in [-0.39, 0.29) is 5.91 Å². The predicted molar refractivity (Wildman–Crippen MR) is 64.5 cm³/mol. The first-order chi connectivity index (χ1) is 7.26. The molecule has 0 fully saturated rings. The maximum absolute atomic E-state index is 11.7. The molecular formula is C13H23NO. The van der Waals surface area contributed by atoms with Crippen LogP contribution in [-0.4, -0.2) is 23.9 Å². The molecular weight excluding hydrogens is 186 g/mol. The average molecular weight is 209 g/mol. The van der Waals surface area contributed by atoms with Crippen molar-refractivity contribution < 1.29 is 4.79 Å². The van der Waals surface area contributed by atoms with Crippen LogP contribution in [0.15, 0.2) is 0 Å². The third-order valence-corrected chi connectivity index (χ3v) is 2.37. The van der Waals surface area contributed by atoms with Gasteiger partial charge in [-0.15, -0.1) is 6.42 Å². The van der Waals surface area contributed by atoms with Crippen molar-refractivity contribution in [2.45, 2.75) is 52.4 Å². The van der Waals surface area contributed by atoms with Crippen LogP contribution in [0.25, 0.3) is 0 Å². The number of rotatable bonds is 8. The number of terminal acetylenes is 1. The van der Waals surface area contributed by atoms with Crippen molar-refractivity contribution in [1.29, 1.82) is 0 Å². The summed E-state index contributed by atoms with van der Waals surface area (Å²) in [5.41, 5.74) is 0. The molecule has 2 nitrogen and oxygen atoms in total. The van der Waals surface area contributed by atoms with Crippen LogP contribution in [0, 0.1) is 12.3 Å². The third-order valence-electron chi connectivity index (χ3n) is 2.37. The van der Waals surface area contributed by atoms with E-state index in [1.54, 1.807) is 4.90 Å². The highest BCUT2D eigenvalue weighted by atomic mass is 16.2. The highest BCUT2D eigenvalue weighted by molar-refractivity contribution is 5.76. The highest BCUT2D eigenvalue weighted by Crippen LogP contribution is 2.05. The molecule has 1 amide bonds. The minimum absolute atomic E-state index is 0.214. The molecule has 0 radical (unpaired) electrons. The zero-order chi connectivity index (χ0) is 11.5. The molecule has 0 spiro atoms. The Balaban J connectivity index is 3.77. The van der Waals surface area contributed by atoms with E-state index in [2.05, 4.69) is 19.8 Å². The summed E-state index contributed by atoms with van der Waals surface area (Å²) in [4.78, 5) is 13.5. The van der Waals surface area contributed by atoms with E-state index in [9.17, 15) is 4.79 Å². The van der Waals surface area contributed by atoms with Crippen molar-refractivity contribution in [3.63, 3.8) is 0 Å². The average Bonchev–Trinajstić information content (AvgIpc) is 2.24. The number of nitrogens with zero attached hydrogens (tertiary/aromatic N) is 1. The predicted octanol–water partition coefficient (Wildman–Crippen LogP) is 2.83. The molecule has 0 heterocycles. The number of carbonyl (C=O) groups is 1. The van der Waals surface area contributed by atoms with Gasteiger partial charge in [0.2, 0.25) is 5.91 Å². The normalized spacial score (nSPS) is 9.67. The molecule has 0 unspecified atom stereocenters. The Morgan fingerprint density at radius 3 is 2.47 bits per heavy atom.